The summed E-state index contributed by atoms with van der Waals surface area (Å²) >= 11 is 0. The predicted octanol–water partition coefficient (Wildman–Crippen LogP) is 2.30. The van der Waals surface area contributed by atoms with Crippen LogP contribution in [0.1, 0.15) is 43.7 Å². The van der Waals surface area contributed by atoms with Crippen LogP contribution in [0.25, 0.3) is 0 Å². The molecule has 0 aromatic heterocycles. The predicted molar refractivity (Wildman–Crippen MR) is 114 cm³/mol. The number of hydrogen-bond donors (Lipinski definition) is 3. The lowest BCUT2D eigenvalue weighted by molar-refractivity contribution is -0.122. The molecule has 2 aliphatic rings. The Hall–Kier alpha value is -2.32. The van der Waals surface area contributed by atoms with Gasteiger partial charge in [0.25, 0.3) is 6.47 Å². The maximum atomic E-state index is 12.7. The second kappa shape index (κ2) is 13.1. The summed E-state index contributed by atoms with van der Waals surface area (Å²) in [5.41, 5.74) is 1.80. The third kappa shape index (κ3) is 7.50. The molecule has 0 unspecified atom stereocenters. The van der Waals surface area contributed by atoms with Crippen LogP contribution < -0.4 is 10.1 Å². The van der Waals surface area contributed by atoms with E-state index in [1.165, 1.54) is 19.4 Å². The van der Waals surface area contributed by atoms with E-state index < -0.39 is 0 Å². The Labute approximate surface area is 178 Å². The molecule has 0 aliphatic carbocycles. The van der Waals surface area contributed by atoms with Crippen molar-refractivity contribution in [1.82, 2.24) is 15.1 Å². The van der Waals surface area contributed by atoms with Gasteiger partial charge in [-0.2, -0.15) is 0 Å². The van der Waals surface area contributed by atoms with Crippen molar-refractivity contribution < 1.29 is 24.5 Å². The molecule has 0 saturated carbocycles. The van der Waals surface area contributed by atoms with Crippen LogP contribution >= 0.6 is 0 Å². The molecule has 1 aromatic carbocycles. The molecule has 1 saturated heterocycles. The first-order valence-electron chi connectivity index (χ1n) is 10.8. The minimum atomic E-state index is -0.250. The maximum absolute atomic E-state index is 12.7. The van der Waals surface area contributed by atoms with Crippen molar-refractivity contribution in [2.24, 2.45) is 5.92 Å². The van der Waals surface area contributed by atoms with Gasteiger partial charge in [0, 0.05) is 12.1 Å². The number of unbranched alkanes of at least 4 members (excludes halogenated alkanes) is 1. The van der Waals surface area contributed by atoms with Gasteiger partial charge in [-0.15, -0.1) is 0 Å². The third-order valence-electron chi connectivity index (χ3n) is 5.65. The van der Waals surface area contributed by atoms with Crippen LogP contribution in [0.2, 0.25) is 0 Å². The highest BCUT2D eigenvalue weighted by Crippen LogP contribution is 2.24. The van der Waals surface area contributed by atoms with E-state index in [1.54, 1.807) is 0 Å². The van der Waals surface area contributed by atoms with Gasteiger partial charge in [-0.1, -0.05) is 19.4 Å². The highest BCUT2D eigenvalue weighted by atomic mass is 16.5. The molecule has 0 bridgehead atoms. The fraction of sp³-hybridized carbons (Fsp3) is 0.636. The first-order chi connectivity index (χ1) is 14.6. The Balaban J connectivity index is 0.00000101. The number of benzene rings is 1. The minimum absolute atomic E-state index is 0.00354. The van der Waals surface area contributed by atoms with E-state index in [1.807, 2.05) is 23.1 Å². The summed E-state index contributed by atoms with van der Waals surface area (Å²) in [4.78, 5) is 25.4. The van der Waals surface area contributed by atoms with Crippen LogP contribution in [-0.4, -0.2) is 71.8 Å². The average molecular weight is 422 g/mol. The molecular weight excluding hydrogens is 386 g/mol. The normalized spacial score (nSPS) is 17.1. The van der Waals surface area contributed by atoms with Crippen LogP contribution in [0.15, 0.2) is 18.2 Å². The zero-order chi connectivity index (χ0) is 21.8. The van der Waals surface area contributed by atoms with Gasteiger partial charge in [-0.3, -0.25) is 4.79 Å². The van der Waals surface area contributed by atoms with Crippen LogP contribution in [0.4, 0.5) is 4.79 Å². The van der Waals surface area contributed by atoms with Gasteiger partial charge in [-0.05, 0) is 62.5 Å². The van der Waals surface area contributed by atoms with Crippen molar-refractivity contribution in [1.29, 1.82) is 0 Å². The van der Waals surface area contributed by atoms with E-state index in [-0.39, 0.29) is 19.1 Å². The SMILES string of the molecule is CCCCN1CCC(CNC(=O)N2CCOc3ccc(CO)cc3C2)CC1.O=CO. The number of fused-ring (bicyclic) bond motifs is 1. The summed E-state index contributed by atoms with van der Waals surface area (Å²) < 4.78 is 5.76. The molecular formula is C22H35N3O5. The number of ether oxygens (including phenoxy) is 1. The van der Waals surface area contributed by atoms with E-state index in [2.05, 4.69) is 17.1 Å². The number of urea groups is 1. The Morgan fingerprint density at radius 3 is 2.70 bits per heavy atom. The first-order valence-corrected chi connectivity index (χ1v) is 10.8. The fourth-order valence-corrected chi connectivity index (χ4v) is 3.86. The number of carbonyl (C=O) groups is 2. The van der Waals surface area contributed by atoms with Crippen LogP contribution in [0.5, 0.6) is 5.75 Å². The summed E-state index contributed by atoms with van der Waals surface area (Å²) in [6, 6.07) is 5.65. The van der Waals surface area contributed by atoms with Crippen molar-refractivity contribution in [3.8, 4) is 5.75 Å². The number of amides is 2. The highest BCUT2D eigenvalue weighted by molar-refractivity contribution is 5.74. The summed E-state index contributed by atoms with van der Waals surface area (Å²) in [5.74, 6) is 1.38. The zero-order valence-electron chi connectivity index (χ0n) is 17.9. The number of nitrogens with zero attached hydrogens (tertiary/aromatic N) is 2. The van der Waals surface area contributed by atoms with Gasteiger partial charge in [0.05, 0.1) is 19.7 Å². The van der Waals surface area contributed by atoms with E-state index in [4.69, 9.17) is 14.6 Å². The maximum Gasteiger partial charge on any atom is 0.317 e. The summed E-state index contributed by atoms with van der Waals surface area (Å²) in [6.07, 6.45) is 4.85. The smallest absolute Gasteiger partial charge is 0.317 e. The number of aliphatic hydroxyl groups is 1. The average Bonchev–Trinajstić information content (AvgIpc) is 2.99. The number of carbonyl (C=O) groups excluding carboxylic acids is 1. The Morgan fingerprint density at radius 2 is 2.03 bits per heavy atom. The molecule has 8 heteroatoms. The number of rotatable bonds is 6. The quantitative estimate of drug-likeness (QED) is 0.609. The van der Waals surface area contributed by atoms with Crippen LogP contribution in [0, 0.1) is 5.92 Å². The van der Waals surface area contributed by atoms with E-state index in [9.17, 15) is 9.90 Å². The minimum Gasteiger partial charge on any atom is -0.491 e. The number of hydrogen-bond acceptors (Lipinski definition) is 5. The van der Waals surface area contributed by atoms with Crippen molar-refractivity contribution in [3.05, 3.63) is 29.3 Å². The van der Waals surface area contributed by atoms with Gasteiger partial charge < -0.3 is 30.1 Å². The number of aliphatic hydroxyl groups excluding tert-OH is 1. The van der Waals surface area contributed by atoms with E-state index in [0.717, 1.165) is 49.4 Å². The number of likely N-dealkylation sites (tertiary alicyclic amines) is 1. The van der Waals surface area contributed by atoms with Gasteiger partial charge >= 0.3 is 6.03 Å². The summed E-state index contributed by atoms with van der Waals surface area (Å²) in [7, 11) is 0. The lowest BCUT2D eigenvalue weighted by Crippen LogP contribution is -2.44. The fourth-order valence-electron chi connectivity index (χ4n) is 3.86. The molecule has 1 aromatic rings. The van der Waals surface area contributed by atoms with Crippen molar-refractivity contribution in [2.45, 2.75) is 45.8 Å². The van der Waals surface area contributed by atoms with Crippen LogP contribution in [-0.2, 0) is 17.9 Å². The molecule has 0 radical (unpaired) electrons. The first kappa shape index (κ1) is 24.0. The Kier molecular flexibility index (Phi) is 10.4. The number of piperidine rings is 1. The number of nitrogens with one attached hydrogen (secondary N) is 1. The molecule has 0 spiro atoms. The molecule has 3 N–H and O–H groups in total. The standard InChI is InChI=1S/C21H33N3O3.CH2O2/c1-2-3-8-23-9-6-17(7-10-23)14-22-21(26)24-11-12-27-20-5-4-18(16-25)13-19(20)15-24;2-1-3/h4-5,13,17,25H,2-3,6-12,14-16H2,1H3,(H,22,26);1H,(H,2,3). The van der Waals surface area contributed by atoms with Gasteiger partial charge in [0.15, 0.2) is 0 Å². The molecule has 2 aliphatic heterocycles. The molecule has 1 fully saturated rings. The van der Waals surface area contributed by atoms with E-state index >= 15 is 0 Å². The topological polar surface area (TPSA) is 102 Å². The summed E-state index contributed by atoms with van der Waals surface area (Å²) in [5, 5.41) is 19.4. The monoisotopic (exact) mass is 421 g/mol. The van der Waals surface area contributed by atoms with Crippen molar-refractivity contribution >= 4 is 12.5 Å². The zero-order valence-corrected chi connectivity index (χ0v) is 17.9. The Morgan fingerprint density at radius 1 is 1.30 bits per heavy atom. The van der Waals surface area contributed by atoms with Crippen molar-refractivity contribution in [3.63, 3.8) is 0 Å². The largest absolute Gasteiger partial charge is 0.491 e. The Bertz CT molecular complexity index is 662. The molecule has 8 nitrogen and oxygen atoms in total. The van der Waals surface area contributed by atoms with Crippen molar-refractivity contribution in [2.75, 3.05) is 39.3 Å². The lowest BCUT2D eigenvalue weighted by atomic mass is 9.96. The van der Waals surface area contributed by atoms with E-state index in [0.29, 0.717) is 25.6 Å². The molecule has 2 amide bonds. The van der Waals surface area contributed by atoms with Gasteiger partial charge in [0.1, 0.15) is 12.4 Å². The van der Waals surface area contributed by atoms with Gasteiger partial charge in [-0.25, -0.2) is 4.79 Å². The highest BCUT2D eigenvalue weighted by Gasteiger charge is 2.23. The second-order valence-corrected chi connectivity index (χ2v) is 7.80. The van der Waals surface area contributed by atoms with Gasteiger partial charge in [0.2, 0.25) is 0 Å². The number of carboxylic acid groups (broad SMARTS) is 1. The molecule has 30 heavy (non-hydrogen) atoms. The lowest BCUT2D eigenvalue weighted by Gasteiger charge is -2.32. The molecule has 0 atom stereocenters. The third-order valence-corrected chi connectivity index (χ3v) is 5.65. The molecule has 2 heterocycles. The second-order valence-electron chi connectivity index (χ2n) is 7.80. The summed E-state index contributed by atoms with van der Waals surface area (Å²) in [6.45, 7) is 7.82. The molecule has 168 valence electrons. The van der Waals surface area contributed by atoms with Crippen LogP contribution in [0.3, 0.4) is 0 Å². The molecule has 3 rings (SSSR count).